The third-order valence-electron chi connectivity index (χ3n) is 6.89. The summed E-state index contributed by atoms with van der Waals surface area (Å²) >= 11 is 0. The molecule has 142 valence electrons. The lowest BCUT2D eigenvalue weighted by Gasteiger charge is -2.44. The van der Waals surface area contributed by atoms with E-state index in [1.807, 2.05) is 30.1 Å². The fourth-order valence-electron chi connectivity index (χ4n) is 5.36. The first-order valence-electron chi connectivity index (χ1n) is 10.2. The van der Waals surface area contributed by atoms with Crippen LogP contribution in [0.4, 0.5) is 0 Å². The van der Waals surface area contributed by atoms with E-state index < -0.39 is 5.60 Å². The number of fused-ring (bicyclic) bond motifs is 2. The van der Waals surface area contributed by atoms with Crippen LogP contribution in [0, 0.1) is 0 Å². The Balaban J connectivity index is 1.41. The van der Waals surface area contributed by atoms with Crippen molar-refractivity contribution in [3.63, 3.8) is 0 Å². The van der Waals surface area contributed by atoms with Gasteiger partial charge in [0.2, 0.25) is 5.91 Å². The highest BCUT2D eigenvalue weighted by Gasteiger charge is 2.49. The number of nitrogens with zero attached hydrogens (tertiary/aromatic N) is 3. The van der Waals surface area contributed by atoms with Crippen LogP contribution in [0.3, 0.4) is 0 Å². The van der Waals surface area contributed by atoms with Gasteiger partial charge in [0.1, 0.15) is 5.60 Å². The van der Waals surface area contributed by atoms with Gasteiger partial charge in [-0.25, -0.2) is 0 Å². The Labute approximate surface area is 156 Å². The van der Waals surface area contributed by atoms with Crippen LogP contribution in [-0.2, 0) is 10.4 Å². The number of aliphatic hydroxyl groups is 1. The van der Waals surface area contributed by atoms with E-state index in [0.29, 0.717) is 25.4 Å². The Bertz CT molecular complexity index is 615. The summed E-state index contributed by atoms with van der Waals surface area (Å²) in [4.78, 5) is 21.6. The number of rotatable bonds is 4. The summed E-state index contributed by atoms with van der Waals surface area (Å²) in [7, 11) is 1.98. The molecular weight excluding hydrogens is 326 g/mol. The average molecular weight is 357 g/mol. The Hall–Kier alpha value is -1.46. The molecule has 3 heterocycles. The van der Waals surface area contributed by atoms with Crippen LogP contribution in [0.25, 0.3) is 0 Å². The Morgan fingerprint density at radius 3 is 2.50 bits per heavy atom. The minimum absolute atomic E-state index is 0.247. The molecule has 1 aliphatic carbocycles. The van der Waals surface area contributed by atoms with Crippen molar-refractivity contribution in [3.8, 4) is 0 Å². The SMILES string of the molecule is CN(C(=O)CN1[C@H]2CC[C@H]1CC(O)(c1ccccn1)C2)C1CCCCC1. The molecule has 1 saturated carbocycles. The molecule has 1 aromatic heterocycles. The molecule has 26 heavy (non-hydrogen) atoms. The number of hydrogen-bond donors (Lipinski definition) is 1. The molecule has 0 aromatic carbocycles. The molecular formula is C21H31N3O2. The third kappa shape index (κ3) is 3.39. The van der Waals surface area contributed by atoms with Crippen molar-refractivity contribution in [1.29, 1.82) is 0 Å². The van der Waals surface area contributed by atoms with Crippen molar-refractivity contribution in [2.45, 2.75) is 81.5 Å². The van der Waals surface area contributed by atoms with Gasteiger partial charge in [-0.1, -0.05) is 25.3 Å². The van der Waals surface area contributed by atoms with E-state index >= 15 is 0 Å². The Morgan fingerprint density at radius 1 is 1.19 bits per heavy atom. The van der Waals surface area contributed by atoms with Gasteiger partial charge in [0, 0.05) is 31.4 Å². The number of amides is 1. The Kier molecular flexibility index (Phi) is 5.02. The lowest BCUT2D eigenvalue weighted by Crippen LogP contribution is -2.53. The second-order valence-electron chi connectivity index (χ2n) is 8.51. The molecule has 3 fully saturated rings. The van der Waals surface area contributed by atoms with E-state index in [2.05, 4.69) is 9.88 Å². The van der Waals surface area contributed by atoms with Crippen LogP contribution in [0.15, 0.2) is 24.4 Å². The molecule has 2 atom stereocenters. The molecule has 4 rings (SSSR count). The van der Waals surface area contributed by atoms with Crippen LogP contribution < -0.4 is 0 Å². The molecule has 0 unspecified atom stereocenters. The van der Waals surface area contributed by atoms with Crippen LogP contribution in [0.2, 0.25) is 0 Å². The predicted octanol–water partition coefficient (Wildman–Crippen LogP) is 2.69. The topological polar surface area (TPSA) is 56.7 Å². The second kappa shape index (κ2) is 7.28. The van der Waals surface area contributed by atoms with Gasteiger partial charge in [-0.15, -0.1) is 0 Å². The van der Waals surface area contributed by atoms with E-state index in [9.17, 15) is 9.90 Å². The quantitative estimate of drug-likeness (QED) is 0.900. The van der Waals surface area contributed by atoms with E-state index in [1.165, 1.54) is 19.3 Å². The number of piperidine rings is 1. The van der Waals surface area contributed by atoms with E-state index in [4.69, 9.17) is 0 Å². The lowest BCUT2D eigenvalue weighted by molar-refractivity contribution is -0.137. The van der Waals surface area contributed by atoms with E-state index in [1.54, 1.807) is 6.20 Å². The fourth-order valence-corrected chi connectivity index (χ4v) is 5.36. The highest BCUT2D eigenvalue weighted by Crippen LogP contribution is 2.45. The van der Waals surface area contributed by atoms with E-state index in [0.717, 1.165) is 31.4 Å². The Morgan fingerprint density at radius 2 is 1.88 bits per heavy atom. The van der Waals surface area contributed by atoms with Crippen LogP contribution in [0.5, 0.6) is 0 Å². The highest BCUT2D eigenvalue weighted by molar-refractivity contribution is 5.78. The smallest absolute Gasteiger partial charge is 0.236 e. The largest absolute Gasteiger partial charge is 0.383 e. The molecule has 2 saturated heterocycles. The predicted molar refractivity (Wildman–Crippen MR) is 101 cm³/mol. The molecule has 1 N–H and O–H groups in total. The highest BCUT2D eigenvalue weighted by atomic mass is 16.3. The summed E-state index contributed by atoms with van der Waals surface area (Å²) in [6.07, 6.45) is 11.3. The fraction of sp³-hybridized carbons (Fsp3) is 0.714. The first kappa shape index (κ1) is 17.9. The summed E-state index contributed by atoms with van der Waals surface area (Å²) in [5, 5.41) is 11.2. The summed E-state index contributed by atoms with van der Waals surface area (Å²) < 4.78 is 0. The van der Waals surface area contributed by atoms with Crippen molar-refractivity contribution in [2.24, 2.45) is 0 Å². The van der Waals surface area contributed by atoms with Crippen LogP contribution in [-0.4, -0.2) is 57.5 Å². The number of pyridine rings is 1. The van der Waals surface area contributed by atoms with Gasteiger partial charge in [-0.3, -0.25) is 14.7 Å². The van der Waals surface area contributed by atoms with Crippen molar-refractivity contribution >= 4 is 5.91 Å². The van der Waals surface area contributed by atoms with Gasteiger partial charge in [-0.2, -0.15) is 0 Å². The number of hydrogen-bond acceptors (Lipinski definition) is 4. The van der Waals surface area contributed by atoms with Crippen LogP contribution in [0.1, 0.15) is 63.5 Å². The summed E-state index contributed by atoms with van der Waals surface area (Å²) in [6.45, 7) is 0.501. The van der Waals surface area contributed by atoms with Crippen molar-refractivity contribution in [2.75, 3.05) is 13.6 Å². The normalized spacial score (nSPS) is 32.5. The molecule has 1 aromatic rings. The summed E-state index contributed by atoms with van der Waals surface area (Å²) in [5.74, 6) is 0.247. The zero-order valence-corrected chi connectivity index (χ0v) is 15.8. The lowest BCUT2D eigenvalue weighted by atomic mass is 9.83. The first-order valence-corrected chi connectivity index (χ1v) is 10.2. The van der Waals surface area contributed by atoms with Gasteiger partial charge in [0.25, 0.3) is 0 Å². The van der Waals surface area contributed by atoms with E-state index in [-0.39, 0.29) is 18.0 Å². The van der Waals surface area contributed by atoms with Gasteiger partial charge >= 0.3 is 0 Å². The van der Waals surface area contributed by atoms with Crippen molar-refractivity contribution < 1.29 is 9.90 Å². The maximum atomic E-state index is 12.9. The molecule has 5 nitrogen and oxygen atoms in total. The maximum absolute atomic E-state index is 12.9. The first-order chi connectivity index (χ1) is 12.6. The number of carbonyl (C=O) groups is 1. The van der Waals surface area contributed by atoms with Crippen LogP contribution >= 0.6 is 0 Å². The maximum Gasteiger partial charge on any atom is 0.236 e. The van der Waals surface area contributed by atoms with Crippen molar-refractivity contribution in [3.05, 3.63) is 30.1 Å². The minimum atomic E-state index is -0.845. The summed E-state index contributed by atoms with van der Waals surface area (Å²) in [5.41, 5.74) is -0.0655. The van der Waals surface area contributed by atoms with Crippen molar-refractivity contribution in [1.82, 2.24) is 14.8 Å². The molecule has 5 heteroatoms. The summed E-state index contributed by atoms with van der Waals surface area (Å²) in [6, 6.07) is 6.74. The second-order valence-corrected chi connectivity index (χ2v) is 8.51. The zero-order valence-electron chi connectivity index (χ0n) is 15.8. The molecule has 2 bridgehead atoms. The minimum Gasteiger partial charge on any atom is -0.383 e. The van der Waals surface area contributed by atoms with Gasteiger partial charge in [-0.05, 0) is 50.7 Å². The standard InChI is InChI=1S/C21H31N3O2/c1-23(16-7-3-2-4-8-16)20(25)15-24-17-10-11-18(24)14-21(26,13-17)19-9-5-6-12-22-19/h5-6,9,12,16-18,26H,2-4,7-8,10-11,13-15H2,1H3/t17-,18-/m0/s1. The molecule has 3 aliphatic rings. The number of likely N-dealkylation sites (N-methyl/N-ethyl adjacent to an activating group) is 1. The molecule has 1 amide bonds. The third-order valence-corrected chi connectivity index (χ3v) is 6.89. The van der Waals surface area contributed by atoms with Gasteiger partial charge < -0.3 is 10.0 Å². The zero-order chi connectivity index (χ0) is 18.1. The molecule has 0 spiro atoms. The monoisotopic (exact) mass is 357 g/mol. The number of aromatic nitrogens is 1. The average Bonchev–Trinajstić information content (AvgIpc) is 2.92. The van der Waals surface area contributed by atoms with Gasteiger partial charge in [0.05, 0.1) is 12.2 Å². The molecule has 2 aliphatic heterocycles. The van der Waals surface area contributed by atoms with Gasteiger partial charge in [0.15, 0.2) is 0 Å². The molecule has 0 radical (unpaired) electrons. The number of carbonyl (C=O) groups excluding carboxylic acids is 1.